The van der Waals surface area contributed by atoms with Crippen molar-refractivity contribution in [3.05, 3.63) is 53.6 Å². The zero-order chi connectivity index (χ0) is 14.7. The van der Waals surface area contributed by atoms with Crippen molar-refractivity contribution >= 4 is 11.6 Å². The third-order valence-corrected chi connectivity index (χ3v) is 3.28. The molecule has 0 fully saturated rings. The Labute approximate surface area is 127 Å². The van der Waals surface area contributed by atoms with Gasteiger partial charge in [-0.2, -0.15) is 0 Å². The van der Waals surface area contributed by atoms with E-state index in [2.05, 4.69) is 10.2 Å². The smallest absolute Gasteiger partial charge is 0.251 e. The van der Waals surface area contributed by atoms with E-state index in [0.29, 0.717) is 34.7 Å². The fourth-order valence-electron chi connectivity index (χ4n) is 2.00. The summed E-state index contributed by atoms with van der Waals surface area (Å²) in [7, 11) is 0. The van der Waals surface area contributed by atoms with E-state index < -0.39 is 0 Å². The van der Waals surface area contributed by atoms with Crippen molar-refractivity contribution in [1.82, 2.24) is 10.2 Å². The van der Waals surface area contributed by atoms with Gasteiger partial charge in [0.15, 0.2) is 0 Å². The number of rotatable bonds is 4. The van der Waals surface area contributed by atoms with E-state index in [1.807, 2.05) is 49.4 Å². The maximum atomic E-state index is 6.14. The minimum Gasteiger partial charge on any atom is -0.493 e. The third kappa shape index (κ3) is 2.76. The summed E-state index contributed by atoms with van der Waals surface area (Å²) in [5, 5.41) is 8.73. The van der Waals surface area contributed by atoms with Crippen LogP contribution >= 0.6 is 11.6 Å². The maximum Gasteiger partial charge on any atom is 0.251 e. The Balaban J connectivity index is 2.01. The lowest BCUT2D eigenvalue weighted by atomic mass is 10.2. The van der Waals surface area contributed by atoms with E-state index in [-0.39, 0.29) is 0 Å². The molecule has 0 radical (unpaired) electrons. The molecule has 0 aliphatic rings. The number of halogens is 1. The van der Waals surface area contributed by atoms with Crippen molar-refractivity contribution in [2.45, 2.75) is 6.92 Å². The van der Waals surface area contributed by atoms with Gasteiger partial charge in [0.2, 0.25) is 5.89 Å². The molecule has 0 spiro atoms. The molecule has 0 aliphatic carbocycles. The number of ether oxygens (including phenoxy) is 1. The van der Waals surface area contributed by atoms with Gasteiger partial charge in [0.25, 0.3) is 5.89 Å². The highest BCUT2D eigenvalue weighted by molar-refractivity contribution is 6.33. The molecule has 21 heavy (non-hydrogen) atoms. The van der Waals surface area contributed by atoms with Gasteiger partial charge in [0.05, 0.1) is 22.8 Å². The quantitative estimate of drug-likeness (QED) is 0.714. The van der Waals surface area contributed by atoms with E-state index in [0.717, 1.165) is 5.56 Å². The Kier molecular flexibility index (Phi) is 3.88. The Morgan fingerprint density at radius 2 is 1.57 bits per heavy atom. The van der Waals surface area contributed by atoms with Crippen molar-refractivity contribution in [3.63, 3.8) is 0 Å². The number of hydrogen-bond donors (Lipinski definition) is 0. The van der Waals surface area contributed by atoms with Crippen molar-refractivity contribution in [1.29, 1.82) is 0 Å². The molecule has 0 aliphatic heterocycles. The molecule has 3 rings (SSSR count). The molecular weight excluding hydrogens is 288 g/mol. The Hall–Kier alpha value is -2.33. The fraction of sp³-hybridized carbons (Fsp3) is 0.125. The van der Waals surface area contributed by atoms with Crippen molar-refractivity contribution in [3.8, 4) is 28.7 Å². The van der Waals surface area contributed by atoms with Gasteiger partial charge in [-0.1, -0.05) is 35.9 Å². The van der Waals surface area contributed by atoms with E-state index in [4.69, 9.17) is 20.8 Å². The molecule has 3 aromatic rings. The largest absolute Gasteiger partial charge is 0.493 e. The molecule has 1 heterocycles. The van der Waals surface area contributed by atoms with Crippen molar-refractivity contribution in [2.75, 3.05) is 6.61 Å². The fourth-order valence-corrected chi connectivity index (χ4v) is 2.22. The molecule has 0 amide bonds. The summed E-state index contributed by atoms with van der Waals surface area (Å²) < 4.78 is 11.3. The van der Waals surface area contributed by atoms with Crippen LogP contribution in [-0.4, -0.2) is 16.8 Å². The topological polar surface area (TPSA) is 48.2 Å². The van der Waals surface area contributed by atoms with Gasteiger partial charge in [-0.25, -0.2) is 0 Å². The summed E-state index contributed by atoms with van der Waals surface area (Å²) in [6.07, 6.45) is 0. The molecule has 0 saturated heterocycles. The summed E-state index contributed by atoms with van der Waals surface area (Å²) in [6.45, 7) is 2.50. The second kappa shape index (κ2) is 5.97. The predicted molar refractivity (Wildman–Crippen MR) is 81.3 cm³/mol. The Bertz CT molecular complexity index is 755. The highest BCUT2D eigenvalue weighted by Crippen LogP contribution is 2.32. The van der Waals surface area contributed by atoms with Gasteiger partial charge >= 0.3 is 0 Å². The standard InChI is InChI=1S/C16H13ClN2O2/c1-2-20-14-10-6-4-8-12(14)16-19-18-15(21-16)11-7-3-5-9-13(11)17/h3-10H,2H2,1H3. The van der Waals surface area contributed by atoms with E-state index in [1.165, 1.54) is 0 Å². The average molecular weight is 301 g/mol. The third-order valence-electron chi connectivity index (χ3n) is 2.95. The molecule has 1 aromatic heterocycles. The van der Waals surface area contributed by atoms with Crippen LogP contribution in [0.5, 0.6) is 5.75 Å². The van der Waals surface area contributed by atoms with Crippen LogP contribution in [0.3, 0.4) is 0 Å². The Morgan fingerprint density at radius 1 is 0.952 bits per heavy atom. The van der Waals surface area contributed by atoms with Crippen LogP contribution in [0.4, 0.5) is 0 Å². The number of benzene rings is 2. The molecule has 0 atom stereocenters. The summed E-state index contributed by atoms with van der Waals surface area (Å²) in [5.41, 5.74) is 1.48. The lowest BCUT2D eigenvalue weighted by molar-refractivity contribution is 0.340. The second-order valence-corrected chi connectivity index (χ2v) is 4.73. The highest BCUT2D eigenvalue weighted by atomic mass is 35.5. The first kappa shape index (κ1) is 13.6. The molecule has 2 aromatic carbocycles. The lowest BCUT2D eigenvalue weighted by Gasteiger charge is -2.06. The first-order valence-electron chi connectivity index (χ1n) is 6.60. The first-order valence-corrected chi connectivity index (χ1v) is 6.98. The van der Waals surface area contributed by atoms with Crippen LogP contribution in [0.15, 0.2) is 52.9 Å². The lowest BCUT2D eigenvalue weighted by Crippen LogP contribution is -1.93. The average Bonchev–Trinajstić information content (AvgIpc) is 2.98. The SMILES string of the molecule is CCOc1ccccc1-c1nnc(-c2ccccc2Cl)o1. The van der Waals surface area contributed by atoms with Gasteiger partial charge in [0, 0.05) is 0 Å². The highest BCUT2D eigenvalue weighted by Gasteiger charge is 2.15. The van der Waals surface area contributed by atoms with E-state index >= 15 is 0 Å². The summed E-state index contributed by atoms with van der Waals surface area (Å²) >= 11 is 6.14. The zero-order valence-corrected chi connectivity index (χ0v) is 12.2. The van der Waals surface area contributed by atoms with Crippen molar-refractivity contribution in [2.24, 2.45) is 0 Å². The van der Waals surface area contributed by atoms with Gasteiger partial charge < -0.3 is 9.15 Å². The molecule has 0 saturated carbocycles. The second-order valence-electron chi connectivity index (χ2n) is 4.32. The van der Waals surface area contributed by atoms with Gasteiger partial charge in [-0.3, -0.25) is 0 Å². The summed E-state index contributed by atoms with van der Waals surface area (Å²) in [6, 6.07) is 14.9. The molecule has 106 valence electrons. The molecule has 0 unspecified atom stereocenters. The molecule has 0 N–H and O–H groups in total. The summed E-state index contributed by atoms with van der Waals surface area (Å²) in [5.74, 6) is 1.52. The number of hydrogen-bond acceptors (Lipinski definition) is 4. The molecule has 0 bridgehead atoms. The van der Waals surface area contributed by atoms with Crippen LogP contribution in [0.25, 0.3) is 22.9 Å². The van der Waals surface area contributed by atoms with Crippen molar-refractivity contribution < 1.29 is 9.15 Å². The molecular formula is C16H13ClN2O2. The van der Waals surface area contributed by atoms with E-state index in [1.54, 1.807) is 6.07 Å². The minimum atomic E-state index is 0.391. The summed E-state index contributed by atoms with van der Waals surface area (Å²) in [4.78, 5) is 0. The van der Waals surface area contributed by atoms with Crippen LogP contribution in [0.2, 0.25) is 5.02 Å². The van der Waals surface area contributed by atoms with E-state index in [9.17, 15) is 0 Å². The van der Waals surface area contributed by atoms with Crippen LogP contribution < -0.4 is 4.74 Å². The Morgan fingerprint density at radius 3 is 2.29 bits per heavy atom. The normalized spacial score (nSPS) is 10.6. The zero-order valence-electron chi connectivity index (χ0n) is 11.4. The van der Waals surface area contributed by atoms with Crippen LogP contribution in [0, 0.1) is 0 Å². The van der Waals surface area contributed by atoms with Crippen LogP contribution in [0.1, 0.15) is 6.92 Å². The van der Waals surface area contributed by atoms with Crippen LogP contribution in [-0.2, 0) is 0 Å². The number of aromatic nitrogens is 2. The van der Waals surface area contributed by atoms with Gasteiger partial charge in [0.1, 0.15) is 5.75 Å². The van der Waals surface area contributed by atoms with Gasteiger partial charge in [-0.15, -0.1) is 10.2 Å². The molecule has 5 heteroatoms. The number of para-hydroxylation sites is 1. The monoisotopic (exact) mass is 300 g/mol. The van der Waals surface area contributed by atoms with Gasteiger partial charge in [-0.05, 0) is 31.2 Å². The maximum absolute atomic E-state index is 6.14. The minimum absolute atomic E-state index is 0.391. The molecule has 4 nitrogen and oxygen atoms in total. The first-order chi connectivity index (χ1) is 10.3. The predicted octanol–water partition coefficient (Wildman–Crippen LogP) is 4.46. The number of nitrogens with zero attached hydrogens (tertiary/aromatic N) is 2.